The molecule has 1 nitrogen and oxygen atoms in total. The topological polar surface area (TPSA) is 12.0 Å². The van der Waals surface area contributed by atoms with Crippen molar-refractivity contribution in [1.82, 2.24) is 5.32 Å². The van der Waals surface area contributed by atoms with Gasteiger partial charge >= 0.3 is 0 Å². The Morgan fingerprint density at radius 2 is 1.61 bits per heavy atom. The summed E-state index contributed by atoms with van der Waals surface area (Å²) in [5.41, 5.74) is 3.96. The van der Waals surface area contributed by atoms with Crippen molar-refractivity contribution in [2.45, 2.75) is 19.5 Å². The molecular formula is C21H20FN. The van der Waals surface area contributed by atoms with Gasteiger partial charge in [0.15, 0.2) is 0 Å². The average Bonchev–Trinajstić information content (AvgIpc) is 2.61. The van der Waals surface area contributed by atoms with Gasteiger partial charge in [-0.25, -0.2) is 4.39 Å². The van der Waals surface area contributed by atoms with Crippen LogP contribution >= 0.6 is 0 Å². The smallest absolute Gasteiger partial charge is 0.131 e. The lowest BCUT2D eigenvalue weighted by molar-refractivity contribution is 0.575. The van der Waals surface area contributed by atoms with Crippen molar-refractivity contribution in [3.8, 4) is 11.1 Å². The van der Waals surface area contributed by atoms with E-state index in [4.69, 9.17) is 0 Å². The summed E-state index contributed by atoms with van der Waals surface area (Å²) >= 11 is 0. The second kappa shape index (κ2) is 7.21. The van der Waals surface area contributed by atoms with Gasteiger partial charge in [-0.15, -0.1) is 0 Å². The molecule has 0 heterocycles. The predicted molar refractivity (Wildman–Crippen MR) is 93.5 cm³/mol. The van der Waals surface area contributed by atoms with Gasteiger partial charge < -0.3 is 5.32 Å². The van der Waals surface area contributed by atoms with Crippen LogP contribution in [0.5, 0.6) is 0 Å². The molecule has 23 heavy (non-hydrogen) atoms. The lowest BCUT2D eigenvalue weighted by Crippen LogP contribution is -2.17. The molecule has 3 rings (SSSR count). The summed E-state index contributed by atoms with van der Waals surface area (Å²) < 4.78 is 13.9. The molecule has 0 aliphatic rings. The molecule has 0 aliphatic carbocycles. The van der Waals surface area contributed by atoms with Crippen LogP contribution in [-0.2, 0) is 6.54 Å². The van der Waals surface area contributed by atoms with Crippen LogP contribution in [0.2, 0.25) is 0 Å². The van der Waals surface area contributed by atoms with E-state index in [-0.39, 0.29) is 11.9 Å². The minimum atomic E-state index is -0.185. The van der Waals surface area contributed by atoms with Gasteiger partial charge in [-0.2, -0.15) is 0 Å². The summed E-state index contributed by atoms with van der Waals surface area (Å²) in [5.74, 6) is -0.185. The summed E-state index contributed by atoms with van der Waals surface area (Å²) in [6.45, 7) is 2.90. The van der Waals surface area contributed by atoms with Crippen molar-refractivity contribution in [2.75, 3.05) is 0 Å². The Morgan fingerprint density at radius 1 is 0.870 bits per heavy atom. The first-order chi connectivity index (χ1) is 11.2. The maximum absolute atomic E-state index is 13.9. The molecule has 0 saturated heterocycles. The molecule has 0 amide bonds. The normalized spacial score (nSPS) is 12.1. The highest BCUT2D eigenvalue weighted by atomic mass is 19.1. The fourth-order valence-corrected chi connectivity index (χ4v) is 2.67. The molecule has 1 atom stereocenters. The second-order valence-corrected chi connectivity index (χ2v) is 5.69. The lowest BCUT2D eigenvalue weighted by Gasteiger charge is -2.15. The van der Waals surface area contributed by atoms with Crippen LogP contribution in [0, 0.1) is 5.82 Å². The van der Waals surface area contributed by atoms with Crippen LogP contribution in [0.3, 0.4) is 0 Å². The van der Waals surface area contributed by atoms with Gasteiger partial charge in [-0.05, 0) is 35.7 Å². The van der Waals surface area contributed by atoms with Crippen LogP contribution in [0.25, 0.3) is 11.1 Å². The molecule has 0 fully saturated rings. The molecule has 0 unspecified atom stereocenters. The van der Waals surface area contributed by atoms with Crippen LogP contribution in [0.15, 0.2) is 78.9 Å². The lowest BCUT2D eigenvalue weighted by atomic mass is 10.0. The minimum absolute atomic E-state index is 0.185. The molecule has 0 aromatic heterocycles. The van der Waals surface area contributed by atoms with E-state index < -0.39 is 0 Å². The number of nitrogens with one attached hydrogen (secondary N) is 1. The predicted octanol–water partition coefficient (Wildman–Crippen LogP) is 5.34. The Hall–Kier alpha value is -2.45. The molecule has 0 radical (unpaired) electrons. The van der Waals surface area contributed by atoms with E-state index in [1.165, 1.54) is 11.6 Å². The first-order valence-corrected chi connectivity index (χ1v) is 7.86. The van der Waals surface area contributed by atoms with Crippen molar-refractivity contribution in [1.29, 1.82) is 0 Å². The second-order valence-electron chi connectivity index (χ2n) is 5.69. The van der Waals surface area contributed by atoms with E-state index in [9.17, 15) is 4.39 Å². The number of benzene rings is 3. The maximum atomic E-state index is 13.9. The van der Waals surface area contributed by atoms with Crippen molar-refractivity contribution in [3.63, 3.8) is 0 Å². The van der Waals surface area contributed by atoms with E-state index >= 15 is 0 Å². The average molecular weight is 305 g/mol. The van der Waals surface area contributed by atoms with Gasteiger partial charge in [0.2, 0.25) is 0 Å². The summed E-state index contributed by atoms with van der Waals surface area (Å²) in [6, 6.07) is 25.5. The number of rotatable bonds is 5. The van der Waals surface area contributed by atoms with Gasteiger partial charge in [0, 0.05) is 18.2 Å². The number of hydrogen-bond donors (Lipinski definition) is 1. The zero-order valence-electron chi connectivity index (χ0n) is 13.2. The summed E-state index contributed by atoms with van der Waals surface area (Å²) in [4.78, 5) is 0. The zero-order chi connectivity index (χ0) is 16.1. The monoisotopic (exact) mass is 305 g/mol. The highest BCUT2D eigenvalue weighted by Crippen LogP contribution is 2.23. The van der Waals surface area contributed by atoms with Gasteiger partial charge in [0.05, 0.1) is 0 Å². The Balaban J connectivity index is 1.72. The molecule has 3 aromatic carbocycles. The Kier molecular flexibility index (Phi) is 4.84. The van der Waals surface area contributed by atoms with Gasteiger partial charge in [0.1, 0.15) is 5.82 Å². The molecule has 0 bridgehead atoms. The fraction of sp³-hybridized carbons (Fsp3) is 0.143. The highest BCUT2D eigenvalue weighted by molar-refractivity contribution is 5.64. The summed E-state index contributed by atoms with van der Waals surface area (Å²) in [5, 5.41) is 3.51. The van der Waals surface area contributed by atoms with E-state index in [0.29, 0.717) is 5.56 Å². The molecule has 116 valence electrons. The summed E-state index contributed by atoms with van der Waals surface area (Å²) in [6.07, 6.45) is 0. The van der Waals surface area contributed by atoms with E-state index in [2.05, 4.69) is 30.4 Å². The van der Waals surface area contributed by atoms with Gasteiger partial charge in [-0.1, -0.05) is 66.7 Å². The third kappa shape index (κ3) is 3.85. The molecule has 0 aliphatic heterocycles. The Bertz CT molecular complexity index is 768. The van der Waals surface area contributed by atoms with E-state index in [1.807, 2.05) is 48.5 Å². The Morgan fingerprint density at radius 3 is 2.39 bits per heavy atom. The van der Waals surface area contributed by atoms with E-state index in [1.54, 1.807) is 6.07 Å². The largest absolute Gasteiger partial charge is 0.306 e. The minimum Gasteiger partial charge on any atom is -0.306 e. The number of halogens is 1. The third-order valence-electron chi connectivity index (χ3n) is 4.02. The van der Waals surface area contributed by atoms with Crippen LogP contribution in [-0.4, -0.2) is 0 Å². The van der Waals surface area contributed by atoms with Crippen molar-refractivity contribution in [2.24, 2.45) is 0 Å². The quantitative estimate of drug-likeness (QED) is 0.670. The maximum Gasteiger partial charge on any atom is 0.131 e. The standard InChI is InChI=1S/C21H20FN/c1-16(18-9-3-2-4-10-18)23-15-17-8-7-11-19(14-17)20-12-5-6-13-21(20)22/h2-14,16,23H,15H2,1H3/t16-/m1/s1. The zero-order valence-corrected chi connectivity index (χ0v) is 13.2. The molecule has 0 spiro atoms. The first-order valence-electron chi connectivity index (χ1n) is 7.86. The molecule has 1 N–H and O–H groups in total. The Labute approximate surface area is 136 Å². The van der Waals surface area contributed by atoms with E-state index in [0.717, 1.165) is 17.7 Å². The van der Waals surface area contributed by atoms with Crippen LogP contribution < -0.4 is 5.32 Å². The molecule has 0 saturated carbocycles. The number of hydrogen-bond acceptors (Lipinski definition) is 1. The fourth-order valence-electron chi connectivity index (χ4n) is 2.67. The van der Waals surface area contributed by atoms with Gasteiger partial charge in [-0.3, -0.25) is 0 Å². The van der Waals surface area contributed by atoms with Gasteiger partial charge in [0.25, 0.3) is 0 Å². The first kappa shape index (κ1) is 15.4. The molecule has 2 heteroatoms. The summed E-state index contributed by atoms with van der Waals surface area (Å²) in [7, 11) is 0. The van der Waals surface area contributed by atoms with Crippen LogP contribution in [0.4, 0.5) is 4.39 Å². The molecule has 3 aromatic rings. The SMILES string of the molecule is C[C@@H](NCc1cccc(-c2ccccc2F)c1)c1ccccc1. The third-order valence-corrected chi connectivity index (χ3v) is 4.02. The van der Waals surface area contributed by atoms with Crippen LogP contribution in [0.1, 0.15) is 24.1 Å². The molecular weight excluding hydrogens is 285 g/mol. The highest BCUT2D eigenvalue weighted by Gasteiger charge is 2.06. The van der Waals surface area contributed by atoms with Crippen molar-refractivity contribution >= 4 is 0 Å². The van der Waals surface area contributed by atoms with Crippen molar-refractivity contribution < 1.29 is 4.39 Å². The van der Waals surface area contributed by atoms with Crippen molar-refractivity contribution in [3.05, 3.63) is 95.8 Å².